The predicted molar refractivity (Wildman–Crippen MR) is 77.2 cm³/mol. The fraction of sp³-hybridized carbons (Fsp3) is 0.500. The minimum Gasteiger partial charge on any atom is -0.394 e. The fourth-order valence-electron chi connectivity index (χ4n) is 1.64. The van der Waals surface area contributed by atoms with E-state index in [4.69, 9.17) is 23.2 Å². The molecule has 108 valence electrons. The van der Waals surface area contributed by atoms with Gasteiger partial charge >= 0.3 is 0 Å². The van der Waals surface area contributed by atoms with E-state index in [2.05, 4.69) is 4.72 Å². The van der Waals surface area contributed by atoms with E-state index in [0.29, 0.717) is 17.9 Å². The summed E-state index contributed by atoms with van der Waals surface area (Å²) >= 11 is 11.6. The van der Waals surface area contributed by atoms with Gasteiger partial charge in [0.05, 0.1) is 27.1 Å². The van der Waals surface area contributed by atoms with Crippen LogP contribution in [0.15, 0.2) is 23.1 Å². The highest BCUT2D eigenvalue weighted by atomic mass is 35.5. The van der Waals surface area contributed by atoms with Crippen molar-refractivity contribution in [2.45, 2.75) is 37.1 Å². The van der Waals surface area contributed by atoms with Gasteiger partial charge in [-0.3, -0.25) is 0 Å². The van der Waals surface area contributed by atoms with Crippen LogP contribution in [-0.2, 0) is 10.0 Å². The minimum atomic E-state index is -3.75. The van der Waals surface area contributed by atoms with Gasteiger partial charge in [0.25, 0.3) is 0 Å². The smallest absolute Gasteiger partial charge is 0.241 e. The number of benzene rings is 1. The number of hydrogen-bond acceptors (Lipinski definition) is 3. The highest BCUT2D eigenvalue weighted by Crippen LogP contribution is 2.26. The van der Waals surface area contributed by atoms with Crippen LogP contribution in [0.1, 0.15) is 26.7 Å². The number of halogens is 2. The summed E-state index contributed by atoms with van der Waals surface area (Å²) in [7, 11) is -3.75. The van der Waals surface area contributed by atoms with Gasteiger partial charge in [0.15, 0.2) is 0 Å². The van der Waals surface area contributed by atoms with Crippen LogP contribution in [-0.4, -0.2) is 25.7 Å². The van der Waals surface area contributed by atoms with E-state index in [1.54, 1.807) is 0 Å². The molecule has 1 aromatic rings. The Kier molecular flexibility index (Phi) is 5.65. The van der Waals surface area contributed by atoms with Crippen molar-refractivity contribution in [2.75, 3.05) is 6.61 Å². The Morgan fingerprint density at radius 1 is 1.21 bits per heavy atom. The molecule has 0 fully saturated rings. The standard InChI is InChI=1S/C12H17Cl2NO3S/c1-3-12(4-2,8-16)15-19(17,18)9-5-6-10(13)11(14)7-9/h5-7,15-16H,3-4,8H2,1-2H3. The van der Waals surface area contributed by atoms with E-state index in [-0.39, 0.29) is 16.5 Å². The molecule has 0 aromatic heterocycles. The van der Waals surface area contributed by atoms with Crippen LogP contribution in [0.25, 0.3) is 0 Å². The summed E-state index contributed by atoms with van der Waals surface area (Å²) in [5.41, 5.74) is -0.856. The Hall–Kier alpha value is -0.330. The second-order valence-corrected chi connectivity index (χ2v) is 6.82. The maximum absolute atomic E-state index is 12.3. The number of hydrogen-bond donors (Lipinski definition) is 2. The summed E-state index contributed by atoms with van der Waals surface area (Å²) in [6, 6.07) is 4.10. The molecule has 0 amide bonds. The summed E-state index contributed by atoms with van der Waals surface area (Å²) in [5.74, 6) is 0. The third kappa shape index (κ3) is 3.83. The molecule has 0 aliphatic rings. The average molecular weight is 326 g/mol. The summed E-state index contributed by atoms with van der Waals surface area (Å²) in [6.07, 6.45) is 0.973. The van der Waals surface area contributed by atoms with Crippen molar-refractivity contribution in [1.29, 1.82) is 0 Å². The molecule has 0 spiro atoms. The molecule has 0 saturated heterocycles. The lowest BCUT2D eigenvalue weighted by Crippen LogP contribution is -2.50. The molecule has 0 aliphatic heterocycles. The molecule has 19 heavy (non-hydrogen) atoms. The zero-order valence-electron chi connectivity index (χ0n) is 10.8. The van der Waals surface area contributed by atoms with Crippen molar-refractivity contribution < 1.29 is 13.5 Å². The first kappa shape index (κ1) is 16.7. The molecule has 0 aliphatic carbocycles. The number of nitrogens with one attached hydrogen (secondary N) is 1. The molecular weight excluding hydrogens is 309 g/mol. The first-order valence-electron chi connectivity index (χ1n) is 5.90. The predicted octanol–water partition coefficient (Wildman–Crippen LogP) is 2.82. The van der Waals surface area contributed by atoms with Gasteiger partial charge in [0.2, 0.25) is 10.0 Å². The van der Waals surface area contributed by atoms with Crippen LogP contribution in [0.3, 0.4) is 0 Å². The monoisotopic (exact) mass is 325 g/mol. The van der Waals surface area contributed by atoms with Gasteiger partial charge in [-0.05, 0) is 31.0 Å². The van der Waals surface area contributed by atoms with Crippen LogP contribution in [0.4, 0.5) is 0 Å². The van der Waals surface area contributed by atoms with Crippen LogP contribution in [0.5, 0.6) is 0 Å². The van der Waals surface area contributed by atoms with E-state index >= 15 is 0 Å². The first-order chi connectivity index (χ1) is 8.80. The lowest BCUT2D eigenvalue weighted by Gasteiger charge is -2.30. The van der Waals surface area contributed by atoms with Crippen LogP contribution < -0.4 is 4.72 Å². The number of rotatable bonds is 6. The molecule has 2 N–H and O–H groups in total. The molecule has 0 heterocycles. The largest absolute Gasteiger partial charge is 0.394 e. The highest BCUT2D eigenvalue weighted by Gasteiger charge is 2.31. The van der Waals surface area contributed by atoms with Gasteiger partial charge in [-0.25, -0.2) is 13.1 Å². The molecule has 0 saturated carbocycles. The van der Waals surface area contributed by atoms with E-state index < -0.39 is 15.6 Å². The number of sulfonamides is 1. The van der Waals surface area contributed by atoms with Crippen LogP contribution in [0.2, 0.25) is 10.0 Å². The Bertz CT molecular complexity index is 534. The van der Waals surface area contributed by atoms with Gasteiger partial charge in [-0.1, -0.05) is 37.0 Å². The number of aliphatic hydroxyl groups is 1. The van der Waals surface area contributed by atoms with Gasteiger partial charge in [0.1, 0.15) is 0 Å². The Morgan fingerprint density at radius 2 is 1.79 bits per heavy atom. The van der Waals surface area contributed by atoms with Crippen molar-refractivity contribution in [3.63, 3.8) is 0 Å². The normalized spacial score (nSPS) is 12.7. The summed E-state index contributed by atoms with van der Waals surface area (Å²) in [4.78, 5) is 0.0293. The Labute approximate surface area is 123 Å². The van der Waals surface area contributed by atoms with E-state index in [0.717, 1.165) is 0 Å². The molecule has 0 atom stereocenters. The van der Waals surface area contributed by atoms with Crippen LogP contribution in [0, 0.1) is 0 Å². The van der Waals surface area contributed by atoms with Crippen molar-refractivity contribution in [3.8, 4) is 0 Å². The number of aliphatic hydroxyl groups excluding tert-OH is 1. The van der Waals surface area contributed by atoms with E-state index in [1.165, 1.54) is 18.2 Å². The SMILES string of the molecule is CCC(CC)(CO)NS(=O)(=O)c1ccc(Cl)c(Cl)c1. The van der Waals surface area contributed by atoms with Crippen molar-refractivity contribution in [2.24, 2.45) is 0 Å². The maximum atomic E-state index is 12.3. The van der Waals surface area contributed by atoms with Crippen molar-refractivity contribution >= 4 is 33.2 Å². The molecule has 1 rings (SSSR count). The summed E-state index contributed by atoms with van der Waals surface area (Å²) in [6.45, 7) is 3.37. The molecule has 7 heteroatoms. The van der Waals surface area contributed by atoms with Gasteiger partial charge in [-0.2, -0.15) is 0 Å². The van der Waals surface area contributed by atoms with Gasteiger partial charge < -0.3 is 5.11 Å². The lowest BCUT2D eigenvalue weighted by atomic mass is 9.96. The zero-order chi connectivity index (χ0) is 14.7. The maximum Gasteiger partial charge on any atom is 0.241 e. The Balaban J connectivity index is 3.14. The third-order valence-electron chi connectivity index (χ3n) is 3.21. The first-order valence-corrected chi connectivity index (χ1v) is 8.14. The van der Waals surface area contributed by atoms with E-state index in [1.807, 2.05) is 13.8 Å². The fourth-order valence-corrected chi connectivity index (χ4v) is 3.56. The summed E-state index contributed by atoms with van der Waals surface area (Å²) < 4.78 is 27.1. The van der Waals surface area contributed by atoms with Crippen LogP contribution >= 0.6 is 23.2 Å². The molecular formula is C12H17Cl2NO3S. The van der Waals surface area contributed by atoms with Gasteiger partial charge in [0, 0.05) is 0 Å². The second-order valence-electron chi connectivity index (χ2n) is 4.33. The molecule has 0 unspecified atom stereocenters. The highest BCUT2D eigenvalue weighted by molar-refractivity contribution is 7.89. The molecule has 4 nitrogen and oxygen atoms in total. The second kappa shape index (κ2) is 6.41. The average Bonchev–Trinajstić information content (AvgIpc) is 2.39. The quantitative estimate of drug-likeness (QED) is 0.845. The molecule has 0 radical (unpaired) electrons. The van der Waals surface area contributed by atoms with Gasteiger partial charge in [-0.15, -0.1) is 0 Å². The summed E-state index contributed by atoms with van der Waals surface area (Å²) in [5, 5.41) is 9.88. The topological polar surface area (TPSA) is 66.4 Å². The third-order valence-corrected chi connectivity index (χ3v) is 5.52. The van der Waals surface area contributed by atoms with Crippen molar-refractivity contribution in [3.05, 3.63) is 28.2 Å². The lowest BCUT2D eigenvalue weighted by molar-refractivity contribution is 0.172. The minimum absolute atomic E-state index is 0.0293. The Morgan fingerprint density at radius 3 is 2.21 bits per heavy atom. The zero-order valence-corrected chi connectivity index (χ0v) is 13.1. The molecule has 0 bridgehead atoms. The molecule has 1 aromatic carbocycles. The van der Waals surface area contributed by atoms with E-state index in [9.17, 15) is 13.5 Å². The van der Waals surface area contributed by atoms with Crippen molar-refractivity contribution in [1.82, 2.24) is 4.72 Å².